The van der Waals surface area contributed by atoms with Crippen LogP contribution < -0.4 is 25.8 Å². The summed E-state index contributed by atoms with van der Waals surface area (Å²) in [6, 6.07) is 3.27. The zero-order valence-corrected chi connectivity index (χ0v) is 15.9. The van der Waals surface area contributed by atoms with Crippen molar-refractivity contribution >= 4 is 11.8 Å². The number of hydrogen-bond donors (Lipinski definition) is 3. The van der Waals surface area contributed by atoms with Crippen molar-refractivity contribution in [1.29, 1.82) is 0 Å². The normalized spacial score (nSPS) is 16.6. The van der Waals surface area contributed by atoms with Gasteiger partial charge in [-0.1, -0.05) is 13.8 Å². The molecule has 0 aliphatic carbocycles. The van der Waals surface area contributed by atoms with Gasteiger partial charge in [-0.25, -0.2) is 0 Å². The van der Waals surface area contributed by atoms with Crippen LogP contribution in [0.4, 0.5) is 0 Å². The van der Waals surface area contributed by atoms with E-state index in [1.807, 2.05) is 39.8 Å². The van der Waals surface area contributed by atoms with E-state index in [0.29, 0.717) is 13.2 Å². The molecule has 7 nitrogen and oxygen atoms in total. The van der Waals surface area contributed by atoms with Crippen molar-refractivity contribution in [2.45, 2.75) is 52.8 Å². The Hall–Kier alpha value is -2.28. The van der Waals surface area contributed by atoms with Crippen LogP contribution in [0.5, 0.6) is 11.5 Å². The highest BCUT2D eigenvalue weighted by Gasteiger charge is 2.22. The number of ether oxygens (including phenoxy) is 2. The summed E-state index contributed by atoms with van der Waals surface area (Å²) >= 11 is 0. The van der Waals surface area contributed by atoms with E-state index in [9.17, 15) is 9.59 Å². The number of nitrogens with one attached hydrogen (secondary N) is 2. The summed E-state index contributed by atoms with van der Waals surface area (Å²) in [6.45, 7) is 8.38. The average molecular weight is 363 g/mol. The Balaban J connectivity index is 1.93. The number of carbonyl (C=O) groups is 2. The van der Waals surface area contributed by atoms with Crippen molar-refractivity contribution in [3.05, 3.63) is 23.3 Å². The Morgan fingerprint density at radius 2 is 2.08 bits per heavy atom. The Kier molecular flexibility index (Phi) is 6.85. The van der Waals surface area contributed by atoms with Crippen molar-refractivity contribution in [2.24, 2.45) is 11.7 Å². The molecule has 26 heavy (non-hydrogen) atoms. The second kappa shape index (κ2) is 8.89. The molecule has 0 saturated heterocycles. The summed E-state index contributed by atoms with van der Waals surface area (Å²) < 4.78 is 11.5. The van der Waals surface area contributed by atoms with Crippen LogP contribution >= 0.6 is 0 Å². The second-order valence-corrected chi connectivity index (χ2v) is 6.90. The van der Waals surface area contributed by atoms with Gasteiger partial charge in [0.25, 0.3) is 0 Å². The first-order valence-corrected chi connectivity index (χ1v) is 9.07. The topological polar surface area (TPSA) is 103 Å². The quantitative estimate of drug-likeness (QED) is 0.642. The minimum atomic E-state index is -0.622. The molecule has 1 aromatic carbocycles. The molecule has 1 unspecified atom stereocenters. The van der Waals surface area contributed by atoms with Gasteiger partial charge in [-0.3, -0.25) is 9.59 Å². The fourth-order valence-electron chi connectivity index (χ4n) is 2.75. The molecule has 0 saturated carbocycles. The molecule has 7 heteroatoms. The first kappa shape index (κ1) is 20.0. The van der Waals surface area contributed by atoms with Crippen LogP contribution in [0.15, 0.2) is 12.1 Å². The first-order valence-electron chi connectivity index (χ1n) is 9.07. The third kappa shape index (κ3) is 5.11. The Morgan fingerprint density at radius 3 is 2.73 bits per heavy atom. The molecule has 1 aliphatic heterocycles. The lowest BCUT2D eigenvalue weighted by Crippen LogP contribution is -2.47. The summed E-state index contributed by atoms with van der Waals surface area (Å²) in [5.41, 5.74) is 7.72. The molecule has 2 atom stereocenters. The monoisotopic (exact) mass is 363 g/mol. The molecule has 4 N–H and O–H groups in total. The molecular formula is C19H29N3O4. The van der Waals surface area contributed by atoms with Crippen molar-refractivity contribution < 1.29 is 19.1 Å². The summed E-state index contributed by atoms with van der Waals surface area (Å²) in [6.07, 6.45) is 0.995. The van der Waals surface area contributed by atoms with Gasteiger partial charge in [0, 0.05) is 24.1 Å². The molecule has 1 aliphatic rings. The van der Waals surface area contributed by atoms with Gasteiger partial charge < -0.3 is 25.8 Å². The van der Waals surface area contributed by atoms with Gasteiger partial charge in [-0.05, 0) is 31.9 Å². The lowest BCUT2D eigenvalue weighted by molar-refractivity contribution is -0.127. The van der Waals surface area contributed by atoms with Crippen molar-refractivity contribution in [3.63, 3.8) is 0 Å². The SMILES string of the molecule is CCOc1cc2c(cc1CNC(=O)CNC(=O)[C@@H](N)C(C)C)OC(C)C2. The fourth-order valence-corrected chi connectivity index (χ4v) is 2.75. The number of carbonyl (C=O) groups excluding carboxylic acids is 2. The molecule has 0 radical (unpaired) electrons. The maximum atomic E-state index is 12.0. The standard InChI is InChI=1S/C19H29N3O4/c1-5-25-15-7-13-6-12(4)26-16(13)8-14(15)9-21-17(23)10-22-19(24)18(20)11(2)3/h7-8,11-12,18H,5-6,9-10,20H2,1-4H3,(H,21,23)(H,22,24)/t12?,18-/m0/s1. The van der Waals surface area contributed by atoms with Gasteiger partial charge in [-0.15, -0.1) is 0 Å². The van der Waals surface area contributed by atoms with Crippen LogP contribution in [0.3, 0.4) is 0 Å². The lowest BCUT2D eigenvalue weighted by atomic mass is 10.1. The molecule has 1 heterocycles. The summed E-state index contributed by atoms with van der Waals surface area (Å²) in [4.78, 5) is 23.8. The van der Waals surface area contributed by atoms with E-state index in [1.165, 1.54) is 0 Å². The third-order valence-electron chi connectivity index (χ3n) is 4.30. The predicted molar refractivity (Wildman–Crippen MR) is 99.1 cm³/mol. The number of hydrogen-bond acceptors (Lipinski definition) is 5. The Labute approximate surface area is 154 Å². The van der Waals surface area contributed by atoms with Crippen molar-refractivity contribution in [2.75, 3.05) is 13.2 Å². The van der Waals surface area contributed by atoms with Gasteiger partial charge in [0.1, 0.15) is 17.6 Å². The van der Waals surface area contributed by atoms with E-state index in [-0.39, 0.29) is 30.4 Å². The van der Waals surface area contributed by atoms with Crippen LogP contribution in [0.25, 0.3) is 0 Å². The lowest BCUT2D eigenvalue weighted by Gasteiger charge is -2.16. The highest BCUT2D eigenvalue weighted by molar-refractivity contribution is 5.87. The van der Waals surface area contributed by atoms with Gasteiger partial charge >= 0.3 is 0 Å². The molecule has 0 aromatic heterocycles. The zero-order valence-electron chi connectivity index (χ0n) is 15.9. The van der Waals surface area contributed by atoms with Crippen LogP contribution in [0.2, 0.25) is 0 Å². The smallest absolute Gasteiger partial charge is 0.239 e. The van der Waals surface area contributed by atoms with Crippen molar-refractivity contribution in [1.82, 2.24) is 10.6 Å². The fraction of sp³-hybridized carbons (Fsp3) is 0.579. The molecule has 2 amide bonds. The van der Waals surface area contributed by atoms with Gasteiger partial charge in [0.2, 0.25) is 11.8 Å². The molecule has 144 valence electrons. The van der Waals surface area contributed by atoms with Gasteiger partial charge in [-0.2, -0.15) is 0 Å². The third-order valence-corrected chi connectivity index (χ3v) is 4.30. The van der Waals surface area contributed by atoms with Gasteiger partial charge in [0.15, 0.2) is 0 Å². The predicted octanol–water partition coefficient (Wildman–Crippen LogP) is 1.12. The van der Waals surface area contributed by atoms with Crippen LogP contribution in [0.1, 0.15) is 38.8 Å². The number of rotatable bonds is 8. The molecule has 1 aromatic rings. The summed E-state index contributed by atoms with van der Waals surface area (Å²) in [5, 5.41) is 5.35. The highest BCUT2D eigenvalue weighted by atomic mass is 16.5. The number of nitrogens with two attached hydrogens (primary N) is 1. The molecule has 2 rings (SSSR count). The minimum Gasteiger partial charge on any atom is -0.494 e. The number of amides is 2. The number of fused-ring (bicyclic) bond motifs is 1. The van der Waals surface area contributed by atoms with E-state index in [0.717, 1.165) is 29.0 Å². The van der Waals surface area contributed by atoms with Gasteiger partial charge in [0.05, 0.1) is 19.2 Å². The van der Waals surface area contributed by atoms with Crippen LogP contribution in [0, 0.1) is 5.92 Å². The second-order valence-electron chi connectivity index (χ2n) is 6.90. The maximum absolute atomic E-state index is 12.0. The van der Waals surface area contributed by atoms with E-state index < -0.39 is 6.04 Å². The summed E-state index contributed by atoms with van der Waals surface area (Å²) in [7, 11) is 0. The average Bonchev–Trinajstić information content (AvgIpc) is 2.95. The zero-order chi connectivity index (χ0) is 19.3. The minimum absolute atomic E-state index is 0.0145. The molecular weight excluding hydrogens is 334 g/mol. The number of benzene rings is 1. The van der Waals surface area contributed by atoms with Crippen molar-refractivity contribution in [3.8, 4) is 11.5 Å². The largest absolute Gasteiger partial charge is 0.494 e. The van der Waals surface area contributed by atoms with Crippen LogP contribution in [-0.4, -0.2) is 37.1 Å². The van der Waals surface area contributed by atoms with E-state index >= 15 is 0 Å². The first-order chi connectivity index (χ1) is 12.3. The molecule has 0 bridgehead atoms. The molecule has 0 fully saturated rings. The molecule has 0 spiro atoms. The summed E-state index contributed by atoms with van der Waals surface area (Å²) in [5.74, 6) is 0.980. The maximum Gasteiger partial charge on any atom is 0.239 e. The van der Waals surface area contributed by atoms with E-state index in [1.54, 1.807) is 0 Å². The Morgan fingerprint density at radius 1 is 1.35 bits per heavy atom. The van der Waals surface area contributed by atoms with Crippen LogP contribution in [-0.2, 0) is 22.6 Å². The van der Waals surface area contributed by atoms with E-state index in [4.69, 9.17) is 15.2 Å². The van der Waals surface area contributed by atoms with E-state index in [2.05, 4.69) is 10.6 Å². The highest BCUT2D eigenvalue weighted by Crippen LogP contribution is 2.35. The Bertz CT molecular complexity index is 660.